The van der Waals surface area contributed by atoms with Gasteiger partial charge in [0.15, 0.2) is 6.29 Å². The third kappa shape index (κ3) is 21.9. The minimum absolute atomic E-state index is 0.306. The highest BCUT2D eigenvalue weighted by atomic mass is 16.7. The van der Waals surface area contributed by atoms with Crippen molar-refractivity contribution in [1.29, 1.82) is 0 Å². The maximum Gasteiger partial charge on any atom is 0.249 e. The van der Waals surface area contributed by atoms with Crippen molar-refractivity contribution in [2.45, 2.75) is 210 Å². The van der Waals surface area contributed by atoms with Gasteiger partial charge in [-0.15, -0.1) is 0 Å². The van der Waals surface area contributed by atoms with Crippen molar-refractivity contribution in [1.82, 2.24) is 5.32 Å². The van der Waals surface area contributed by atoms with Gasteiger partial charge in [-0.2, -0.15) is 0 Å². The predicted octanol–water partition coefficient (Wildman–Crippen LogP) is 6.13. The van der Waals surface area contributed by atoms with Gasteiger partial charge in [0, 0.05) is 0 Å². The Hall–Kier alpha value is -1.37. The van der Waals surface area contributed by atoms with Crippen LogP contribution in [-0.2, 0) is 14.3 Å². The van der Waals surface area contributed by atoms with E-state index in [-0.39, 0.29) is 6.61 Å². The first-order chi connectivity index (χ1) is 24.3. The predicted molar refractivity (Wildman–Crippen MR) is 199 cm³/mol. The Morgan fingerprint density at radius 3 is 1.74 bits per heavy atom. The van der Waals surface area contributed by atoms with E-state index < -0.39 is 61.5 Å². The molecule has 0 aromatic rings. The number of unbranched alkanes of at least 4 members (excludes halogenated alkanes) is 19. The van der Waals surface area contributed by atoms with Crippen LogP contribution in [-0.4, -0.2) is 98.7 Å². The zero-order valence-corrected chi connectivity index (χ0v) is 31.5. The van der Waals surface area contributed by atoms with Crippen molar-refractivity contribution < 1.29 is 44.9 Å². The molecule has 7 N–H and O–H groups in total. The molecule has 0 aromatic carbocycles. The number of aliphatic hydroxyl groups excluding tert-OH is 6. The van der Waals surface area contributed by atoms with Gasteiger partial charge in [0.1, 0.15) is 30.5 Å². The third-order valence-corrected chi connectivity index (χ3v) is 9.64. The number of carbonyl (C=O) groups excluding carboxylic acids is 1. The number of hydrogen-bond donors (Lipinski definition) is 7. The van der Waals surface area contributed by atoms with Crippen molar-refractivity contribution in [3.05, 3.63) is 24.3 Å². The van der Waals surface area contributed by atoms with E-state index >= 15 is 0 Å². The smallest absolute Gasteiger partial charge is 0.249 e. The molecule has 1 aliphatic rings. The first-order valence-electron chi connectivity index (χ1n) is 20.2. The molecule has 0 aromatic heterocycles. The van der Waals surface area contributed by atoms with Gasteiger partial charge < -0.3 is 45.4 Å². The van der Waals surface area contributed by atoms with Gasteiger partial charge in [0.25, 0.3) is 0 Å². The number of allylic oxidation sites excluding steroid dienone is 3. The average Bonchev–Trinajstić information content (AvgIpc) is 3.11. The van der Waals surface area contributed by atoms with Gasteiger partial charge in [0.2, 0.25) is 5.91 Å². The summed E-state index contributed by atoms with van der Waals surface area (Å²) in [5.41, 5.74) is 0. The monoisotopic (exact) mass is 714 g/mol. The molecular formula is C40H75NO9. The zero-order valence-electron chi connectivity index (χ0n) is 31.5. The van der Waals surface area contributed by atoms with Gasteiger partial charge in [0.05, 0.1) is 25.4 Å². The second-order valence-electron chi connectivity index (χ2n) is 14.2. The standard InChI is InChI=1S/C40H75NO9/c1-3-5-7-9-11-13-15-17-19-20-22-24-26-28-33(43)32(31-49-40-38(47)37(46)36(45)35(30-42)50-40)41-39(48)34(44)29-27-25-23-21-18-16-14-12-10-8-6-4-2/h19-20,26,28,32-38,40,42-47H,3-18,21-25,27,29-31H2,1-2H3,(H,41,48)/b20-19-,28-26-/t32-,33+,34+,35-,36-,37+,38-,40-/m1/s1. The summed E-state index contributed by atoms with van der Waals surface area (Å²) in [6.07, 6.45) is 24.1. The van der Waals surface area contributed by atoms with Gasteiger partial charge in [-0.1, -0.05) is 154 Å². The lowest BCUT2D eigenvalue weighted by Crippen LogP contribution is -2.60. The normalized spacial score (nSPS) is 23.1. The molecule has 1 heterocycles. The Morgan fingerprint density at radius 2 is 1.18 bits per heavy atom. The topological polar surface area (TPSA) is 169 Å². The molecule has 1 fully saturated rings. The fourth-order valence-corrected chi connectivity index (χ4v) is 6.24. The number of hydrogen-bond acceptors (Lipinski definition) is 9. The van der Waals surface area contributed by atoms with E-state index in [0.29, 0.717) is 19.3 Å². The molecule has 8 atom stereocenters. The van der Waals surface area contributed by atoms with Crippen molar-refractivity contribution in [3.8, 4) is 0 Å². The maximum absolute atomic E-state index is 12.9. The SMILES string of the molecule is CCCCCCCCC/C=C\CC/C=C\[C@H](O)[C@@H](CO[C@@H]1O[C@H](CO)[C@@H](O)[C@H](O)[C@H]1O)NC(=O)[C@@H](O)CCCCCCCCCCCCCC. The second-order valence-corrected chi connectivity index (χ2v) is 14.2. The minimum Gasteiger partial charge on any atom is -0.394 e. The van der Waals surface area contributed by atoms with Crippen molar-refractivity contribution in [3.63, 3.8) is 0 Å². The number of amides is 1. The molecule has 0 aliphatic carbocycles. The molecular weight excluding hydrogens is 638 g/mol. The lowest BCUT2D eigenvalue weighted by molar-refractivity contribution is -0.302. The lowest BCUT2D eigenvalue weighted by Gasteiger charge is -2.40. The van der Waals surface area contributed by atoms with Crippen LogP contribution in [0.4, 0.5) is 0 Å². The number of aliphatic hydroxyl groups is 6. The summed E-state index contributed by atoms with van der Waals surface area (Å²) >= 11 is 0. The molecule has 0 radical (unpaired) electrons. The molecule has 0 bridgehead atoms. The highest BCUT2D eigenvalue weighted by Gasteiger charge is 2.44. The summed E-state index contributed by atoms with van der Waals surface area (Å²) in [6.45, 7) is 3.54. The van der Waals surface area contributed by atoms with Gasteiger partial charge in [-0.05, 0) is 32.1 Å². The van der Waals surface area contributed by atoms with Gasteiger partial charge in [-0.3, -0.25) is 4.79 Å². The van der Waals surface area contributed by atoms with Crippen LogP contribution >= 0.6 is 0 Å². The summed E-state index contributed by atoms with van der Waals surface area (Å²) in [7, 11) is 0. The lowest BCUT2D eigenvalue weighted by atomic mass is 9.99. The van der Waals surface area contributed by atoms with Gasteiger partial charge in [-0.25, -0.2) is 0 Å². The second kappa shape index (κ2) is 31.2. The maximum atomic E-state index is 12.9. The van der Waals surface area contributed by atoms with Crippen LogP contribution in [0.3, 0.4) is 0 Å². The molecule has 10 heteroatoms. The van der Waals surface area contributed by atoms with E-state index in [1.54, 1.807) is 6.08 Å². The number of rotatable bonds is 32. The summed E-state index contributed by atoms with van der Waals surface area (Å²) in [5.74, 6) is -0.628. The molecule has 294 valence electrons. The largest absolute Gasteiger partial charge is 0.394 e. The third-order valence-electron chi connectivity index (χ3n) is 9.64. The molecule has 1 aliphatic heterocycles. The van der Waals surface area contributed by atoms with E-state index in [9.17, 15) is 35.4 Å². The highest BCUT2D eigenvalue weighted by molar-refractivity contribution is 5.80. The summed E-state index contributed by atoms with van der Waals surface area (Å²) < 4.78 is 11.1. The Bertz CT molecular complexity index is 855. The Morgan fingerprint density at radius 1 is 0.680 bits per heavy atom. The first kappa shape index (κ1) is 46.7. The minimum atomic E-state index is -1.61. The fourth-order valence-electron chi connectivity index (χ4n) is 6.24. The Kier molecular flexibility index (Phi) is 29.1. The summed E-state index contributed by atoms with van der Waals surface area (Å²) in [4.78, 5) is 12.9. The highest BCUT2D eigenvalue weighted by Crippen LogP contribution is 2.22. The molecule has 1 rings (SSSR count). The van der Waals surface area contributed by atoms with Crippen molar-refractivity contribution in [2.24, 2.45) is 0 Å². The van der Waals surface area contributed by atoms with Crippen LogP contribution in [0.5, 0.6) is 0 Å². The molecule has 10 nitrogen and oxygen atoms in total. The number of carbonyl (C=O) groups is 1. The van der Waals surface area contributed by atoms with Crippen LogP contribution < -0.4 is 5.32 Å². The molecule has 1 amide bonds. The molecule has 50 heavy (non-hydrogen) atoms. The molecule has 0 saturated carbocycles. The summed E-state index contributed by atoms with van der Waals surface area (Å²) in [5, 5.41) is 64.3. The van der Waals surface area contributed by atoms with Crippen LogP contribution in [0.2, 0.25) is 0 Å². The number of nitrogens with one attached hydrogen (secondary N) is 1. The van der Waals surface area contributed by atoms with E-state index in [2.05, 4.69) is 31.3 Å². The fraction of sp³-hybridized carbons (Fsp3) is 0.875. The van der Waals surface area contributed by atoms with E-state index in [4.69, 9.17) is 9.47 Å². The Labute approximate surface area is 303 Å². The quantitative estimate of drug-likeness (QED) is 0.0320. The average molecular weight is 714 g/mol. The summed E-state index contributed by atoms with van der Waals surface area (Å²) in [6, 6.07) is -0.990. The van der Waals surface area contributed by atoms with Crippen LogP contribution in [0.25, 0.3) is 0 Å². The molecule has 0 spiro atoms. The van der Waals surface area contributed by atoms with Crippen LogP contribution in [0, 0.1) is 0 Å². The van der Waals surface area contributed by atoms with Crippen LogP contribution in [0.15, 0.2) is 24.3 Å². The van der Waals surface area contributed by atoms with Gasteiger partial charge >= 0.3 is 0 Å². The molecule has 0 unspecified atom stereocenters. The van der Waals surface area contributed by atoms with Crippen LogP contribution in [0.1, 0.15) is 162 Å². The number of ether oxygens (including phenoxy) is 2. The van der Waals surface area contributed by atoms with Crippen molar-refractivity contribution >= 4 is 5.91 Å². The first-order valence-corrected chi connectivity index (χ1v) is 20.2. The van der Waals surface area contributed by atoms with E-state index in [0.717, 1.165) is 32.1 Å². The zero-order chi connectivity index (χ0) is 36.8. The van der Waals surface area contributed by atoms with E-state index in [1.807, 2.05) is 6.08 Å². The van der Waals surface area contributed by atoms with E-state index in [1.165, 1.54) is 96.3 Å². The van der Waals surface area contributed by atoms with Crippen molar-refractivity contribution in [2.75, 3.05) is 13.2 Å². The Balaban J connectivity index is 2.54. The molecule has 1 saturated heterocycles.